The van der Waals surface area contributed by atoms with E-state index in [-0.39, 0.29) is 0 Å². The average molecular weight is 195 g/mol. The summed E-state index contributed by atoms with van der Waals surface area (Å²) < 4.78 is 0. The van der Waals surface area contributed by atoms with E-state index in [0.717, 1.165) is 22.4 Å². The number of nitrogens with zero attached hydrogens (tertiary/aromatic N) is 1. The van der Waals surface area contributed by atoms with E-state index >= 15 is 0 Å². The van der Waals surface area contributed by atoms with E-state index in [0.29, 0.717) is 0 Å². The van der Waals surface area contributed by atoms with Crippen molar-refractivity contribution in [3.63, 3.8) is 0 Å². The fourth-order valence-electron chi connectivity index (χ4n) is 1.76. The van der Waals surface area contributed by atoms with Gasteiger partial charge in [0.25, 0.3) is 0 Å². The van der Waals surface area contributed by atoms with E-state index in [4.69, 9.17) is 4.84 Å². The van der Waals surface area contributed by atoms with E-state index in [1.165, 1.54) is 0 Å². The third kappa shape index (κ3) is 1.31. The molecule has 0 amide bonds. The maximum Gasteiger partial charge on any atom is 0.165 e. The number of fused-ring (bicyclic) bond motifs is 3. The number of oxime groups is 1. The molecule has 3 rings (SSSR count). The van der Waals surface area contributed by atoms with Crippen LogP contribution in [-0.4, -0.2) is 6.21 Å². The zero-order valence-electron chi connectivity index (χ0n) is 8.05. The fraction of sp³-hybridized carbons (Fsp3) is 0. The van der Waals surface area contributed by atoms with Gasteiger partial charge in [0.15, 0.2) is 5.75 Å². The predicted octanol–water partition coefficient (Wildman–Crippen LogP) is 3.08. The third-order valence-corrected chi connectivity index (χ3v) is 2.48. The highest BCUT2D eigenvalue weighted by atomic mass is 16.6. The fourth-order valence-corrected chi connectivity index (χ4v) is 1.76. The average Bonchev–Trinajstić information content (AvgIpc) is 2.48. The molecule has 1 aliphatic heterocycles. The quantitative estimate of drug-likeness (QED) is 0.633. The Hall–Kier alpha value is -2.09. The monoisotopic (exact) mass is 195 g/mol. The van der Waals surface area contributed by atoms with Crippen LogP contribution in [0.15, 0.2) is 53.7 Å². The molecule has 0 saturated carbocycles. The molecular weight excluding hydrogens is 186 g/mol. The molecule has 0 radical (unpaired) electrons. The van der Waals surface area contributed by atoms with Crippen LogP contribution in [0.4, 0.5) is 0 Å². The van der Waals surface area contributed by atoms with Crippen molar-refractivity contribution >= 4 is 6.21 Å². The summed E-state index contributed by atoms with van der Waals surface area (Å²) in [7, 11) is 0. The van der Waals surface area contributed by atoms with Gasteiger partial charge in [0.2, 0.25) is 0 Å². The Bertz CT molecular complexity index is 532. The lowest BCUT2D eigenvalue weighted by Crippen LogP contribution is -1.84. The summed E-state index contributed by atoms with van der Waals surface area (Å²) in [6.07, 6.45) is 1.75. The van der Waals surface area contributed by atoms with Gasteiger partial charge in [-0.3, -0.25) is 0 Å². The molecule has 0 aliphatic carbocycles. The largest absolute Gasteiger partial charge is 0.356 e. The Morgan fingerprint density at radius 1 is 0.800 bits per heavy atom. The first-order valence-electron chi connectivity index (χ1n) is 4.84. The molecule has 0 aromatic heterocycles. The van der Waals surface area contributed by atoms with Crippen molar-refractivity contribution in [3.05, 3.63) is 54.1 Å². The van der Waals surface area contributed by atoms with Crippen molar-refractivity contribution in [3.8, 4) is 16.9 Å². The second-order valence-electron chi connectivity index (χ2n) is 3.41. The highest BCUT2D eigenvalue weighted by molar-refractivity contribution is 5.92. The molecule has 0 saturated heterocycles. The van der Waals surface area contributed by atoms with Gasteiger partial charge in [-0.1, -0.05) is 47.6 Å². The number of rotatable bonds is 0. The van der Waals surface area contributed by atoms with Crippen LogP contribution in [0.3, 0.4) is 0 Å². The Labute approximate surface area is 87.8 Å². The first-order chi connectivity index (χ1) is 7.45. The minimum atomic E-state index is 0.804. The smallest absolute Gasteiger partial charge is 0.165 e. The summed E-state index contributed by atoms with van der Waals surface area (Å²) in [4.78, 5) is 5.30. The van der Waals surface area contributed by atoms with Gasteiger partial charge in [0.05, 0.1) is 6.21 Å². The van der Waals surface area contributed by atoms with Crippen molar-refractivity contribution in [1.82, 2.24) is 0 Å². The van der Waals surface area contributed by atoms with E-state index in [1.807, 2.05) is 42.5 Å². The van der Waals surface area contributed by atoms with Crippen LogP contribution in [0.25, 0.3) is 11.1 Å². The molecule has 2 aromatic rings. The molecular formula is C13H9NO. The second kappa shape index (κ2) is 3.24. The van der Waals surface area contributed by atoms with Crippen molar-refractivity contribution < 1.29 is 4.84 Å². The molecule has 0 bridgehead atoms. The lowest BCUT2D eigenvalue weighted by atomic mass is 10.00. The zero-order valence-corrected chi connectivity index (χ0v) is 8.05. The molecule has 0 atom stereocenters. The Morgan fingerprint density at radius 2 is 1.53 bits per heavy atom. The Balaban J connectivity index is 2.33. The van der Waals surface area contributed by atoms with Crippen molar-refractivity contribution in [2.45, 2.75) is 0 Å². The van der Waals surface area contributed by atoms with E-state index in [1.54, 1.807) is 6.21 Å². The Kier molecular flexibility index (Phi) is 1.78. The minimum absolute atomic E-state index is 0.804. The molecule has 0 fully saturated rings. The molecule has 72 valence electrons. The van der Waals surface area contributed by atoms with Crippen molar-refractivity contribution in [2.24, 2.45) is 5.16 Å². The van der Waals surface area contributed by atoms with Gasteiger partial charge >= 0.3 is 0 Å². The summed E-state index contributed by atoms with van der Waals surface area (Å²) in [5.41, 5.74) is 3.34. The second-order valence-corrected chi connectivity index (χ2v) is 3.41. The van der Waals surface area contributed by atoms with Gasteiger partial charge in [0.1, 0.15) is 0 Å². The molecule has 2 aromatic carbocycles. The van der Waals surface area contributed by atoms with Crippen LogP contribution in [0.2, 0.25) is 0 Å². The summed E-state index contributed by atoms with van der Waals surface area (Å²) in [6.45, 7) is 0. The minimum Gasteiger partial charge on any atom is -0.356 e. The molecule has 2 nitrogen and oxygen atoms in total. The lowest BCUT2D eigenvalue weighted by Gasteiger charge is -2.05. The topological polar surface area (TPSA) is 21.6 Å². The highest BCUT2D eigenvalue weighted by Gasteiger charge is 2.11. The van der Waals surface area contributed by atoms with Crippen LogP contribution in [0.1, 0.15) is 5.56 Å². The summed E-state index contributed by atoms with van der Waals surface area (Å²) >= 11 is 0. The van der Waals surface area contributed by atoms with Crippen LogP contribution in [0, 0.1) is 0 Å². The molecule has 1 heterocycles. The predicted molar refractivity (Wildman–Crippen MR) is 60.1 cm³/mol. The zero-order chi connectivity index (χ0) is 10.1. The first kappa shape index (κ1) is 8.24. The molecule has 2 heteroatoms. The Morgan fingerprint density at radius 3 is 2.47 bits per heavy atom. The van der Waals surface area contributed by atoms with Crippen molar-refractivity contribution in [1.29, 1.82) is 0 Å². The van der Waals surface area contributed by atoms with Gasteiger partial charge in [-0.2, -0.15) is 0 Å². The molecule has 0 spiro atoms. The summed E-state index contributed by atoms with van der Waals surface area (Å²) in [5, 5.41) is 3.93. The molecule has 0 N–H and O–H groups in total. The first-order valence-corrected chi connectivity index (χ1v) is 4.84. The van der Waals surface area contributed by atoms with Gasteiger partial charge in [-0.05, 0) is 11.6 Å². The van der Waals surface area contributed by atoms with Crippen LogP contribution in [-0.2, 0) is 0 Å². The lowest BCUT2D eigenvalue weighted by molar-refractivity contribution is 0.346. The summed E-state index contributed by atoms with van der Waals surface area (Å²) in [6, 6.07) is 16.1. The van der Waals surface area contributed by atoms with E-state index in [2.05, 4.69) is 11.2 Å². The van der Waals surface area contributed by atoms with Crippen molar-refractivity contribution in [2.75, 3.05) is 0 Å². The maximum absolute atomic E-state index is 5.30. The number of hydrogen-bond donors (Lipinski definition) is 0. The number of benzene rings is 2. The molecule has 1 aliphatic rings. The standard InChI is InChI=1S/C13H9NO/c1-2-6-11-10(5-1)9-14-15-13-8-4-3-7-12(11)13/h1-9H. The number of para-hydroxylation sites is 1. The SMILES string of the molecule is C1=NOc2ccccc2-c2ccccc21. The van der Waals surface area contributed by atoms with Crippen LogP contribution < -0.4 is 4.84 Å². The normalized spacial score (nSPS) is 12.3. The molecule has 0 unspecified atom stereocenters. The van der Waals surface area contributed by atoms with Crippen LogP contribution >= 0.6 is 0 Å². The molecule has 15 heavy (non-hydrogen) atoms. The number of hydrogen-bond acceptors (Lipinski definition) is 2. The van der Waals surface area contributed by atoms with Gasteiger partial charge in [0, 0.05) is 11.1 Å². The third-order valence-electron chi connectivity index (χ3n) is 2.48. The highest BCUT2D eigenvalue weighted by Crippen LogP contribution is 2.33. The maximum atomic E-state index is 5.30. The van der Waals surface area contributed by atoms with Gasteiger partial charge in [-0.25, -0.2) is 0 Å². The van der Waals surface area contributed by atoms with E-state index < -0.39 is 0 Å². The van der Waals surface area contributed by atoms with E-state index in [9.17, 15) is 0 Å². The summed E-state index contributed by atoms with van der Waals surface area (Å²) in [5.74, 6) is 0.804. The van der Waals surface area contributed by atoms with Gasteiger partial charge < -0.3 is 4.84 Å². The van der Waals surface area contributed by atoms with Gasteiger partial charge in [-0.15, -0.1) is 0 Å². The van der Waals surface area contributed by atoms with Crippen LogP contribution in [0.5, 0.6) is 5.75 Å².